The van der Waals surface area contributed by atoms with Crippen molar-refractivity contribution in [3.63, 3.8) is 0 Å². The number of aromatic amines is 1. The first-order valence-corrected chi connectivity index (χ1v) is 12.7. The van der Waals surface area contributed by atoms with E-state index in [4.69, 9.17) is 16.6 Å². The van der Waals surface area contributed by atoms with Crippen LogP contribution in [0.4, 0.5) is 14.5 Å². The molecule has 0 bridgehead atoms. The van der Waals surface area contributed by atoms with Crippen molar-refractivity contribution in [1.82, 2.24) is 30.0 Å². The van der Waals surface area contributed by atoms with Gasteiger partial charge in [-0.3, -0.25) is 19.9 Å². The van der Waals surface area contributed by atoms with Crippen LogP contribution < -0.4 is 5.32 Å². The topological polar surface area (TPSA) is 73.0 Å². The summed E-state index contributed by atoms with van der Waals surface area (Å²) in [5.74, 6) is -1.56. The van der Waals surface area contributed by atoms with Crippen molar-refractivity contribution in [2.45, 2.75) is 26.3 Å². The van der Waals surface area contributed by atoms with E-state index in [1.54, 1.807) is 18.5 Å². The van der Waals surface area contributed by atoms with Crippen LogP contribution in [-0.4, -0.2) is 74.8 Å². The highest BCUT2D eigenvalue weighted by molar-refractivity contribution is 6.31. The summed E-state index contributed by atoms with van der Waals surface area (Å²) in [7, 11) is 0. The van der Waals surface area contributed by atoms with Crippen LogP contribution in [0, 0.1) is 11.6 Å². The summed E-state index contributed by atoms with van der Waals surface area (Å²) < 4.78 is 28.2. The number of piperazine rings is 1. The van der Waals surface area contributed by atoms with E-state index in [2.05, 4.69) is 51.1 Å². The zero-order valence-corrected chi connectivity index (χ0v) is 21.9. The number of H-pyrrole nitrogens is 1. The van der Waals surface area contributed by atoms with Gasteiger partial charge in [-0.15, -0.1) is 0 Å². The number of halogens is 3. The Hall–Kier alpha value is -3.14. The average molecular weight is 526 g/mol. The largest absolute Gasteiger partial charge is 0.382 e. The zero-order valence-electron chi connectivity index (χ0n) is 21.2. The van der Waals surface area contributed by atoms with E-state index in [0.717, 1.165) is 56.5 Å². The lowest BCUT2D eigenvalue weighted by Gasteiger charge is -2.42. The Labute approximate surface area is 219 Å². The smallest absolute Gasteiger partial charge is 0.144 e. The second-order valence-corrected chi connectivity index (χ2v) is 10.7. The maximum absolute atomic E-state index is 14.5. The van der Waals surface area contributed by atoms with Gasteiger partial charge in [-0.1, -0.05) is 11.6 Å². The van der Waals surface area contributed by atoms with Crippen molar-refractivity contribution in [3.05, 3.63) is 59.4 Å². The summed E-state index contributed by atoms with van der Waals surface area (Å²) in [6.45, 7) is 12.8. The summed E-state index contributed by atoms with van der Waals surface area (Å²) in [6, 6.07) is 7.62. The zero-order chi connectivity index (χ0) is 26.2. The number of nitrogens with one attached hydrogen (secondary N) is 2. The van der Waals surface area contributed by atoms with Crippen LogP contribution in [0.2, 0.25) is 5.02 Å². The first kappa shape index (κ1) is 25.5. The van der Waals surface area contributed by atoms with E-state index >= 15 is 0 Å². The maximum atomic E-state index is 14.5. The highest BCUT2D eigenvalue weighted by Crippen LogP contribution is 2.34. The van der Waals surface area contributed by atoms with Crippen LogP contribution in [-0.2, 0) is 0 Å². The highest BCUT2D eigenvalue weighted by Gasteiger charge is 2.25. The number of hydrogen-bond donors (Lipinski definition) is 2. The number of pyridine rings is 2. The van der Waals surface area contributed by atoms with E-state index in [-0.39, 0.29) is 16.1 Å². The van der Waals surface area contributed by atoms with Gasteiger partial charge in [0.15, 0.2) is 0 Å². The van der Waals surface area contributed by atoms with Crippen LogP contribution >= 0.6 is 11.6 Å². The van der Waals surface area contributed by atoms with Crippen LogP contribution in [0.3, 0.4) is 0 Å². The Kier molecular flexibility index (Phi) is 7.11. The molecule has 1 saturated heterocycles. The quantitative estimate of drug-likeness (QED) is 0.326. The van der Waals surface area contributed by atoms with Crippen molar-refractivity contribution in [2.24, 2.45) is 0 Å². The second kappa shape index (κ2) is 10.3. The lowest BCUT2D eigenvalue weighted by atomic mass is 10.0. The van der Waals surface area contributed by atoms with Gasteiger partial charge in [0.25, 0.3) is 0 Å². The Morgan fingerprint density at radius 1 is 1.00 bits per heavy atom. The van der Waals surface area contributed by atoms with Gasteiger partial charge < -0.3 is 5.32 Å². The molecular weight excluding hydrogens is 496 g/mol. The number of nitrogens with zero attached hydrogens (tertiary/aromatic N) is 5. The normalized spacial score (nSPS) is 15.4. The Morgan fingerprint density at radius 3 is 2.54 bits per heavy atom. The SMILES string of the molecule is CC(C)(C)N1CCN(CCNc2cnc3ccc(-c4c[nH]nc4-c4cc(Cl)c(F)cc4F)nc3c2)CC1. The van der Waals surface area contributed by atoms with Gasteiger partial charge in [-0.05, 0) is 45.0 Å². The van der Waals surface area contributed by atoms with Crippen molar-refractivity contribution in [3.8, 4) is 22.5 Å². The van der Waals surface area contributed by atoms with Crippen LogP contribution in [0.15, 0.2) is 42.7 Å². The second-order valence-electron chi connectivity index (χ2n) is 10.3. The third kappa shape index (κ3) is 5.58. The third-order valence-electron chi connectivity index (χ3n) is 6.80. The molecule has 0 saturated carbocycles. The summed E-state index contributed by atoms with van der Waals surface area (Å²) in [6.07, 6.45) is 3.44. The highest BCUT2D eigenvalue weighted by atomic mass is 35.5. The summed E-state index contributed by atoms with van der Waals surface area (Å²) in [5.41, 5.74) is 4.11. The Balaban J connectivity index is 1.29. The third-order valence-corrected chi connectivity index (χ3v) is 7.09. The summed E-state index contributed by atoms with van der Waals surface area (Å²) in [5, 5.41) is 10.2. The lowest BCUT2D eigenvalue weighted by molar-refractivity contribution is 0.0642. The number of aromatic nitrogens is 4. The molecule has 0 aliphatic carbocycles. The van der Waals surface area contributed by atoms with Gasteiger partial charge >= 0.3 is 0 Å². The molecule has 194 valence electrons. The fraction of sp³-hybridized carbons (Fsp3) is 0.370. The molecule has 4 aromatic rings. The van der Waals surface area contributed by atoms with Crippen LogP contribution in [0.5, 0.6) is 0 Å². The minimum Gasteiger partial charge on any atom is -0.382 e. The molecule has 4 heterocycles. The molecule has 0 amide bonds. The Bertz CT molecular complexity index is 1410. The average Bonchev–Trinajstić information content (AvgIpc) is 3.35. The van der Waals surface area contributed by atoms with E-state index in [9.17, 15) is 8.78 Å². The first-order valence-electron chi connectivity index (χ1n) is 12.4. The first-order chi connectivity index (χ1) is 17.7. The van der Waals surface area contributed by atoms with Crippen molar-refractivity contribution in [2.75, 3.05) is 44.6 Å². The fourth-order valence-corrected chi connectivity index (χ4v) is 4.81. The molecule has 1 aliphatic rings. The van der Waals surface area contributed by atoms with E-state index in [0.29, 0.717) is 22.5 Å². The molecule has 10 heteroatoms. The number of hydrogen-bond acceptors (Lipinski definition) is 6. The summed E-state index contributed by atoms with van der Waals surface area (Å²) in [4.78, 5) is 14.3. The maximum Gasteiger partial charge on any atom is 0.144 e. The minimum absolute atomic E-state index is 0.0985. The number of anilines is 1. The predicted octanol–water partition coefficient (Wildman–Crippen LogP) is 5.45. The fourth-order valence-electron chi connectivity index (χ4n) is 4.65. The molecule has 1 aromatic carbocycles. The number of fused-ring (bicyclic) bond motifs is 1. The molecule has 5 rings (SSSR count). The van der Waals surface area contributed by atoms with Gasteiger partial charge in [0.1, 0.15) is 17.3 Å². The van der Waals surface area contributed by atoms with Crippen LogP contribution in [0.25, 0.3) is 33.5 Å². The van der Waals surface area contributed by atoms with Crippen LogP contribution in [0.1, 0.15) is 20.8 Å². The minimum atomic E-state index is -0.817. The van der Waals surface area contributed by atoms with Gasteiger partial charge in [0.05, 0.1) is 33.6 Å². The number of rotatable bonds is 6. The molecule has 0 spiro atoms. The van der Waals surface area contributed by atoms with E-state index < -0.39 is 11.6 Å². The molecule has 0 unspecified atom stereocenters. The molecule has 37 heavy (non-hydrogen) atoms. The van der Waals surface area contributed by atoms with Gasteiger partial charge in [0.2, 0.25) is 0 Å². The molecule has 1 fully saturated rings. The van der Waals surface area contributed by atoms with E-state index in [1.165, 1.54) is 6.07 Å². The molecule has 7 nitrogen and oxygen atoms in total. The lowest BCUT2D eigenvalue weighted by Crippen LogP contribution is -2.53. The molecule has 2 N–H and O–H groups in total. The Morgan fingerprint density at radius 2 is 1.78 bits per heavy atom. The molecule has 0 radical (unpaired) electrons. The summed E-state index contributed by atoms with van der Waals surface area (Å²) >= 11 is 5.90. The predicted molar refractivity (Wildman–Crippen MR) is 144 cm³/mol. The standard InChI is InChI=1S/C27H30ClF2N7/c1-27(2,3)37-10-8-36(9-11-37)7-6-31-17-12-25-24(32-15-17)5-4-23(34-25)19-16-33-35-26(19)18-13-20(28)22(30)14-21(18)29/h4-5,12-16,31H,6-11H2,1-3H3,(H,33,35). The number of benzene rings is 1. The monoisotopic (exact) mass is 525 g/mol. The van der Waals surface area contributed by atoms with E-state index in [1.807, 2.05) is 12.1 Å². The molecule has 1 aliphatic heterocycles. The van der Waals surface area contributed by atoms with Crippen molar-refractivity contribution < 1.29 is 8.78 Å². The molecule has 0 atom stereocenters. The van der Waals surface area contributed by atoms with Crippen molar-refractivity contribution in [1.29, 1.82) is 0 Å². The molecule has 3 aromatic heterocycles. The van der Waals surface area contributed by atoms with Gasteiger partial charge in [-0.2, -0.15) is 5.10 Å². The van der Waals surface area contributed by atoms with Gasteiger partial charge in [0, 0.05) is 68.2 Å². The van der Waals surface area contributed by atoms with Gasteiger partial charge in [-0.25, -0.2) is 13.8 Å². The van der Waals surface area contributed by atoms with Crippen molar-refractivity contribution >= 4 is 28.3 Å². The molecular formula is C27H30ClF2N7.